The number of guanidine groups is 1. The van der Waals surface area contributed by atoms with Crippen LogP contribution in [0.3, 0.4) is 0 Å². The van der Waals surface area contributed by atoms with Gasteiger partial charge in [0.15, 0.2) is 5.96 Å². The maximum atomic E-state index is 6.95. The number of nitrogens with zero attached hydrogens (tertiary/aromatic N) is 1. The van der Waals surface area contributed by atoms with Crippen molar-refractivity contribution in [2.75, 3.05) is 6.61 Å². The summed E-state index contributed by atoms with van der Waals surface area (Å²) in [6.07, 6.45) is 0.836. The van der Waals surface area contributed by atoms with Gasteiger partial charge in [0.1, 0.15) is 0 Å². The minimum absolute atomic E-state index is 0.152. The topological polar surface area (TPSA) is 97.5 Å². The molecule has 0 aromatic carbocycles. The molecular formula is C5H12N4O. The molecule has 5 heteroatoms. The predicted octanol–water partition coefficient (Wildman–Crippen LogP) is -0.379. The van der Waals surface area contributed by atoms with Crippen LogP contribution in [0.25, 0.3) is 0 Å². The molecule has 0 amide bonds. The average Bonchev–Trinajstić information content (AvgIpc) is 1.82. The second-order valence-electron chi connectivity index (χ2n) is 1.69. The molecule has 5 N–H and O–H groups in total. The zero-order valence-electron chi connectivity index (χ0n) is 5.92. The third kappa shape index (κ3) is 4.89. The summed E-state index contributed by atoms with van der Waals surface area (Å²) in [6.45, 7) is 2.40. The van der Waals surface area contributed by atoms with Gasteiger partial charge in [-0.25, -0.2) is 5.41 Å². The number of rotatable bonds is 2. The summed E-state index contributed by atoms with van der Waals surface area (Å²) in [5.41, 5.74) is 9.94. The minimum atomic E-state index is -0.234. The first kappa shape index (κ1) is 8.74. The molecule has 0 aliphatic carbocycles. The first-order valence-electron chi connectivity index (χ1n) is 2.97. The molecule has 0 aromatic heterocycles. The number of aliphatic imine (C=N–C) groups is 1. The fourth-order valence-electron chi connectivity index (χ4n) is 0.348. The van der Waals surface area contributed by atoms with E-state index in [2.05, 4.69) is 4.99 Å². The normalized spacial score (nSPS) is 8.50. The molecule has 0 heterocycles. The highest BCUT2D eigenvalue weighted by Crippen LogP contribution is 1.82. The van der Waals surface area contributed by atoms with Gasteiger partial charge in [0.2, 0.25) is 0 Å². The van der Waals surface area contributed by atoms with Gasteiger partial charge >= 0.3 is 6.02 Å². The zero-order valence-corrected chi connectivity index (χ0v) is 5.92. The molecule has 0 fully saturated rings. The lowest BCUT2D eigenvalue weighted by molar-refractivity contribution is 0.297. The highest BCUT2D eigenvalue weighted by Gasteiger charge is 1.91. The quantitative estimate of drug-likeness (QED) is 0.364. The van der Waals surface area contributed by atoms with Gasteiger partial charge in [-0.15, -0.1) is 0 Å². The van der Waals surface area contributed by atoms with Gasteiger partial charge in [0.05, 0.1) is 6.61 Å². The Morgan fingerprint density at radius 1 is 1.60 bits per heavy atom. The van der Waals surface area contributed by atoms with Gasteiger partial charge < -0.3 is 16.2 Å². The van der Waals surface area contributed by atoms with Gasteiger partial charge in [0, 0.05) is 0 Å². The molecule has 10 heavy (non-hydrogen) atoms. The predicted molar refractivity (Wildman–Crippen MR) is 39.8 cm³/mol. The lowest BCUT2D eigenvalue weighted by Gasteiger charge is -1.99. The molecule has 0 spiro atoms. The van der Waals surface area contributed by atoms with Gasteiger partial charge in [0.25, 0.3) is 0 Å². The summed E-state index contributed by atoms with van der Waals surface area (Å²) in [5.74, 6) is -0.152. The summed E-state index contributed by atoms with van der Waals surface area (Å²) in [4.78, 5) is 3.35. The number of ether oxygens (including phenoxy) is 1. The molecule has 0 saturated carbocycles. The van der Waals surface area contributed by atoms with Gasteiger partial charge in [-0.1, -0.05) is 6.92 Å². The highest BCUT2D eigenvalue weighted by atomic mass is 16.5. The Morgan fingerprint density at radius 3 is 2.60 bits per heavy atom. The maximum Gasteiger partial charge on any atom is 0.311 e. The summed E-state index contributed by atoms with van der Waals surface area (Å²) < 4.78 is 4.74. The first-order valence-corrected chi connectivity index (χ1v) is 2.97. The van der Waals surface area contributed by atoms with Crippen LogP contribution in [0.1, 0.15) is 13.3 Å². The van der Waals surface area contributed by atoms with Crippen LogP contribution >= 0.6 is 0 Å². The van der Waals surface area contributed by atoms with E-state index in [-0.39, 0.29) is 12.0 Å². The molecule has 0 saturated heterocycles. The van der Waals surface area contributed by atoms with Crippen molar-refractivity contribution >= 4 is 12.0 Å². The average molecular weight is 144 g/mol. The van der Waals surface area contributed by atoms with Crippen molar-refractivity contribution in [3.05, 3.63) is 0 Å². The number of nitrogens with one attached hydrogen (secondary N) is 1. The molecular weight excluding hydrogens is 132 g/mol. The molecule has 0 bridgehead atoms. The van der Waals surface area contributed by atoms with Gasteiger partial charge in [-0.3, -0.25) is 0 Å². The Bertz CT molecular complexity index is 139. The van der Waals surface area contributed by atoms with Crippen molar-refractivity contribution in [2.24, 2.45) is 16.5 Å². The molecule has 5 nitrogen and oxygen atoms in total. The SMILES string of the molecule is CCCOC(=N)N=C(N)N. The number of hydrogen-bond donors (Lipinski definition) is 3. The third-order valence-corrected chi connectivity index (χ3v) is 0.674. The van der Waals surface area contributed by atoms with E-state index in [9.17, 15) is 0 Å². The van der Waals surface area contributed by atoms with Gasteiger partial charge in [-0.05, 0) is 6.42 Å². The van der Waals surface area contributed by atoms with Crippen LogP contribution in [0.4, 0.5) is 0 Å². The van der Waals surface area contributed by atoms with E-state index in [4.69, 9.17) is 21.6 Å². The van der Waals surface area contributed by atoms with Crippen molar-refractivity contribution < 1.29 is 4.74 Å². The van der Waals surface area contributed by atoms with Crippen LogP contribution < -0.4 is 11.5 Å². The van der Waals surface area contributed by atoms with Crippen LogP contribution in [-0.4, -0.2) is 18.6 Å². The maximum absolute atomic E-state index is 6.95. The Kier molecular flexibility index (Phi) is 4.02. The van der Waals surface area contributed by atoms with E-state index < -0.39 is 0 Å². The van der Waals surface area contributed by atoms with Crippen molar-refractivity contribution in [3.63, 3.8) is 0 Å². The largest absolute Gasteiger partial charge is 0.464 e. The van der Waals surface area contributed by atoms with Gasteiger partial charge in [-0.2, -0.15) is 4.99 Å². The molecule has 0 atom stereocenters. The lowest BCUT2D eigenvalue weighted by Crippen LogP contribution is -2.24. The summed E-state index contributed by atoms with van der Waals surface area (Å²) in [6, 6.07) is -0.234. The Labute approximate surface area is 59.6 Å². The molecule has 0 radical (unpaired) electrons. The van der Waals surface area contributed by atoms with Crippen LogP contribution in [0, 0.1) is 5.41 Å². The first-order chi connectivity index (χ1) is 4.66. The van der Waals surface area contributed by atoms with Crippen molar-refractivity contribution in [2.45, 2.75) is 13.3 Å². The second-order valence-corrected chi connectivity index (χ2v) is 1.69. The van der Waals surface area contributed by atoms with Crippen molar-refractivity contribution in [1.82, 2.24) is 0 Å². The van der Waals surface area contributed by atoms with Crippen LogP contribution in [-0.2, 0) is 4.74 Å². The lowest BCUT2D eigenvalue weighted by atomic mass is 10.5. The van der Waals surface area contributed by atoms with E-state index in [1.54, 1.807) is 0 Å². The van der Waals surface area contributed by atoms with E-state index in [1.165, 1.54) is 0 Å². The fourth-order valence-corrected chi connectivity index (χ4v) is 0.348. The molecule has 0 aromatic rings. The Balaban J connectivity index is 3.54. The number of hydrogen-bond acceptors (Lipinski definition) is 2. The van der Waals surface area contributed by atoms with E-state index in [1.807, 2.05) is 6.92 Å². The molecule has 58 valence electrons. The molecule has 0 aliphatic heterocycles. The fraction of sp³-hybridized carbons (Fsp3) is 0.600. The summed E-state index contributed by atoms with van der Waals surface area (Å²) in [5, 5.41) is 6.95. The van der Waals surface area contributed by atoms with E-state index in [0.717, 1.165) is 6.42 Å². The number of nitrogens with two attached hydrogens (primary N) is 2. The monoisotopic (exact) mass is 144 g/mol. The van der Waals surface area contributed by atoms with Crippen molar-refractivity contribution in [3.8, 4) is 0 Å². The summed E-state index contributed by atoms with van der Waals surface area (Å²) >= 11 is 0. The van der Waals surface area contributed by atoms with Crippen LogP contribution in [0.5, 0.6) is 0 Å². The Morgan fingerprint density at radius 2 is 2.20 bits per heavy atom. The zero-order chi connectivity index (χ0) is 7.98. The molecule has 0 rings (SSSR count). The standard InChI is InChI=1S/C5H12N4O/c1-2-3-10-5(8)9-4(6)7/h2-3H2,1H3,(H5,6,7,8,9). The molecule has 0 aliphatic rings. The minimum Gasteiger partial charge on any atom is -0.464 e. The third-order valence-electron chi connectivity index (χ3n) is 0.674. The smallest absolute Gasteiger partial charge is 0.311 e. The van der Waals surface area contributed by atoms with Crippen LogP contribution in [0.2, 0.25) is 0 Å². The highest BCUT2D eigenvalue weighted by molar-refractivity contribution is 5.88. The molecule has 0 unspecified atom stereocenters. The van der Waals surface area contributed by atoms with E-state index in [0.29, 0.717) is 6.61 Å². The van der Waals surface area contributed by atoms with E-state index >= 15 is 0 Å². The number of amidine groups is 1. The second kappa shape index (κ2) is 4.60. The summed E-state index contributed by atoms with van der Waals surface area (Å²) in [7, 11) is 0. The van der Waals surface area contributed by atoms with Crippen LogP contribution in [0.15, 0.2) is 4.99 Å². The van der Waals surface area contributed by atoms with Crippen molar-refractivity contribution in [1.29, 1.82) is 5.41 Å². The Hall–Kier alpha value is -1.26.